The van der Waals surface area contributed by atoms with Crippen LogP contribution in [0.15, 0.2) is 66.4 Å². The molecule has 1 aliphatic rings. The van der Waals surface area contributed by atoms with Gasteiger partial charge in [-0.1, -0.05) is 29.0 Å². The number of ketones is 1. The standard InChI is InChI=1S/C27H23N3O5S/c1-4-35-16-9-10-18-21(14-16)36-27(29-18)30-23(19-7-5-6-12-28-19)22(25(32)26(30)33)24(31)17-13-15(2)8-11-20(17)34-3/h5-14,23,31H,4H2,1-3H3/b24-22+. The van der Waals surface area contributed by atoms with Crippen molar-refractivity contribution in [2.45, 2.75) is 19.9 Å². The lowest BCUT2D eigenvalue weighted by Crippen LogP contribution is -2.29. The van der Waals surface area contributed by atoms with Gasteiger partial charge in [-0.3, -0.25) is 19.5 Å². The Labute approximate surface area is 211 Å². The van der Waals surface area contributed by atoms with Gasteiger partial charge in [-0.25, -0.2) is 4.98 Å². The molecule has 2 aromatic heterocycles. The van der Waals surface area contributed by atoms with Crippen LogP contribution in [0.4, 0.5) is 5.13 Å². The first-order valence-electron chi connectivity index (χ1n) is 11.3. The van der Waals surface area contributed by atoms with Gasteiger partial charge in [-0.15, -0.1) is 0 Å². The molecule has 0 saturated carbocycles. The Hall–Kier alpha value is -4.24. The molecule has 1 aliphatic heterocycles. The molecule has 2 aromatic carbocycles. The summed E-state index contributed by atoms with van der Waals surface area (Å²) in [6.07, 6.45) is 1.58. The van der Waals surface area contributed by atoms with Gasteiger partial charge in [0.15, 0.2) is 5.13 Å². The molecule has 4 aromatic rings. The van der Waals surface area contributed by atoms with Crippen molar-refractivity contribution >= 4 is 44.1 Å². The molecular formula is C27H23N3O5S. The van der Waals surface area contributed by atoms with Crippen molar-refractivity contribution in [3.05, 3.63) is 83.2 Å². The van der Waals surface area contributed by atoms with Crippen LogP contribution < -0.4 is 14.4 Å². The number of anilines is 1. The van der Waals surface area contributed by atoms with E-state index in [1.54, 1.807) is 36.5 Å². The van der Waals surface area contributed by atoms with Crippen molar-refractivity contribution in [2.24, 2.45) is 0 Å². The molecule has 0 bridgehead atoms. The summed E-state index contributed by atoms with van der Waals surface area (Å²) in [5.41, 5.74) is 2.20. The van der Waals surface area contributed by atoms with E-state index in [2.05, 4.69) is 9.97 Å². The molecule has 1 saturated heterocycles. The SMILES string of the molecule is CCOc1ccc2nc(N3C(=O)C(=O)/C(=C(/O)c4cc(C)ccc4OC)C3c3ccccn3)sc2c1. The van der Waals surface area contributed by atoms with Gasteiger partial charge in [0.1, 0.15) is 23.3 Å². The molecule has 5 rings (SSSR count). The maximum Gasteiger partial charge on any atom is 0.301 e. The Morgan fingerprint density at radius 1 is 1.14 bits per heavy atom. The van der Waals surface area contributed by atoms with Gasteiger partial charge in [0.05, 0.1) is 40.8 Å². The third kappa shape index (κ3) is 3.97. The van der Waals surface area contributed by atoms with Gasteiger partial charge in [0, 0.05) is 6.20 Å². The van der Waals surface area contributed by atoms with Crippen LogP contribution in [-0.4, -0.2) is 40.5 Å². The number of nitrogens with zero attached hydrogens (tertiary/aromatic N) is 3. The minimum atomic E-state index is -0.969. The van der Waals surface area contributed by atoms with E-state index in [0.29, 0.717) is 40.0 Å². The lowest BCUT2D eigenvalue weighted by atomic mass is 9.97. The number of rotatable bonds is 6. The number of aromatic nitrogens is 2. The third-order valence-electron chi connectivity index (χ3n) is 5.89. The Kier molecular flexibility index (Phi) is 6.15. The summed E-state index contributed by atoms with van der Waals surface area (Å²) in [6, 6.07) is 15.0. The highest BCUT2D eigenvalue weighted by Crippen LogP contribution is 2.45. The highest BCUT2D eigenvalue weighted by atomic mass is 32.1. The first kappa shape index (κ1) is 23.5. The van der Waals surface area contributed by atoms with Gasteiger partial charge in [0.2, 0.25) is 0 Å². The van der Waals surface area contributed by atoms with E-state index in [0.717, 1.165) is 10.3 Å². The number of aliphatic hydroxyl groups is 1. The van der Waals surface area contributed by atoms with Crippen LogP contribution >= 0.6 is 11.3 Å². The molecule has 182 valence electrons. The average molecular weight is 502 g/mol. The number of benzene rings is 2. The van der Waals surface area contributed by atoms with Crippen molar-refractivity contribution in [3.8, 4) is 11.5 Å². The molecule has 1 amide bonds. The van der Waals surface area contributed by atoms with Crippen molar-refractivity contribution in [1.82, 2.24) is 9.97 Å². The molecule has 8 nitrogen and oxygen atoms in total. The second-order valence-electron chi connectivity index (χ2n) is 8.19. The number of hydrogen-bond acceptors (Lipinski definition) is 8. The van der Waals surface area contributed by atoms with Gasteiger partial charge in [-0.05, 0) is 56.3 Å². The fraction of sp³-hybridized carbons (Fsp3) is 0.185. The number of pyridine rings is 1. The maximum absolute atomic E-state index is 13.4. The molecule has 1 unspecified atom stereocenters. The molecule has 36 heavy (non-hydrogen) atoms. The molecule has 1 N–H and O–H groups in total. The summed E-state index contributed by atoms with van der Waals surface area (Å²) in [5, 5.41) is 11.7. The highest BCUT2D eigenvalue weighted by molar-refractivity contribution is 7.22. The maximum atomic E-state index is 13.4. The number of aryl methyl sites for hydroxylation is 1. The summed E-state index contributed by atoms with van der Waals surface area (Å²) in [7, 11) is 1.48. The van der Waals surface area contributed by atoms with Gasteiger partial charge >= 0.3 is 5.91 Å². The number of fused-ring (bicyclic) bond motifs is 1. The number of Topliss-reactive ketones (excluding diaryl/α,β-unsaturated/α-hetero) is 1. The van der Waals surface area contributed by atoms with Gasteiger partial charge in [0.25, 0.3) is 5.78 Å². The summed E-state index contributed by atoms with van der Waals surface area (Å²) in [4.78, 5) is 37.2. The molecular weight excluding hydrogens is 478 g/mol. The summed E-state index contributed by atoms with van der Waals surface area (Å²) < 4.78 is 11.8. The van der Waals surface area contributed by atoms with Crippen molar-refractivity contribution in [2.75, 3.05) is 18.6 Å². The lowest BCUT2D eigenvalue weighted by molar-refractivity contribution is -0.132. The second kappa shape index (κ2) is 9.43. The topological polar surface area (TPSA) is 102 Å². The van der Waals surface area contributed by atoms with E-state index in [1.165, 1.54) is 23.3 Å². The molecule has 0 spiro atoms. The molecule has 0 aliphatic carbocycles. The molecule has 0 radical (unpaired) electrons. The fourth-order valence-electron chi connectivity index (χ4n) is 4.25. The number of amides is 1. The average Bonchev–Trinajstić information content (AvgIpc) is 3.42. The van der Waals surface area contributed by atoms with Crippen LogP contribution in [-0.2, 0) is 9.59 Å². The van der Waals surface area contributed by atoms with Crippen LogP contribution in [0.2, 0.25) is 0 Å². The Balaban J connectivity index is 1.71. The van der Waals surface area contributed by atoms with E-state index < -0.39 is 17.7 Å². The van der Waals surface area contributed by atoms with E-state index in [4.69, 9.17) is 9.47 Å². The van der Waals surface area contributed by atoms with Crippen molar-refractivity contribution in [1.29, 1.82) is 0 Å². The van der Waals surface area contributed by atoms with E-state index >= 15 is 0 Å². The largest absolute Gasteiger partial charge is 0.507 e. The predicted octanol–water partition coefficient (Wildman–Crippen LogP) is 5.03. The van der Waals surface area contributed by atoms with Crippen molar-refractivity contribution in [3.63, 3.8) is 0 Å². The number of methoxy groups -OCH3 is 1. The summed E-state index contributed by atoms with van der Waals surface area (Å²) in [6.45, 7) is 4.29. The van der Waals surface area contributed by atoms with E-state index in [9.17, 15) is 14.7 Å². The van der Waals surface area contributed by atoms with Crippen molar-refractivity contribution < 1.29 is 24.2 Å². The first-order valence-corrected chi connectivity index (χ1v) is 12.1. The minimum absolute atomic E-state index is 0.0724. The minimum Gasteiger partial charge on any atom is -0.507 e. The number of carbonyl (C=O) groups is 2. The van der Waals surface area contributed by atoms with Crippen LogP contribution in [0.25, 0.3) is 16.0 Å². The second-order valence-corrected chi connectivity index (χ2v) is 9.20. The first-order chi connectivity index (χ1) is 17.4. The van der Waals surface area contributed by atoms with Crippen LogP contribution in [0, 0.1) is 6.92 Å². The van der Waals surface area contributed by atoms with Crippen LogP contribution in [0.5, 0.6) is 11.5 Å². The monoisotopic (exact) mass is 501 g/mol. The van der Waals surface area contributed by atoms with E-state index in [1.807, 2.05) is 38.1 Å². The Bertz CT molecular complexity index is 1510. The number of aliphatic hydroxyl groups excluding tert-OH is 1. The number of carbonyl (C=O) groups excluding carboxylic acids is 2. The summed E-state index contributed by atoms with van der Waals surface area (Å²) in [5.74, 6) is -0.863. The number of hydrogen-bond donors (Lipinski definition) is 1. The highest BCUT2D eigenvalue weighted by Gasteiger charge is 2.49. The Morgan fingerprint density at radius 3 is 2.69 bits per heavy atom. The van der Waals surface area contributed by atoms with E-state index in [-0.39, 0.29) is 11.3 Å². The third-order valence-corrected chi connectivity index (χ3v) is 6.91. The number of thiazole rings is 1. The van der Waals surface area contributed by atoms with Crippen LogP contribution in [0.1, 0.15) is 29.8 Å². The smallest absolute Gasteiger partial charge is 0.301 e. The molecule has 1 fully saturated rings. The molecule has 9 heteroatoms. The van der Waals surface area contributed by atoms with Gasteiger partial charge in [-0.2, -0.15) is 0 Å². The molecule has 1 atom stereocenters. The zero-order valence-electron chi connectivity index (χ0n) is 19.9. The van der Waals surface area contributed by atoms with Crippen LogP contribution in [0.3, 0.4) is 0 Å². The lowest BCUT2D eigenvalue weighted by Gasteiger charge is -2.22. The van der Waals surface area contributed by atoms with Gasteiger partial charge < -0.3 is 14.6 Å². The summed E-state index contributed by atoms with van der Waals surface area (Å²) >= 11 is 1.26. The zero-order valence-corrected chi connectivity index (χ0v) is 20.7. The normalized spacial score (nSPS) is 17.1. The number of ether oxygens (including phenoxy) is 2. The molecule has 3 heterocycles. The quantitative estimate of drug-likeness (QED) is 0.225. The zero-order chi connectivity index (χ0) is 25.4. The fourth-order valence-corrected chi connectivity index (χ4v) is 5.27. The predicted molar refractivity (Wildman–Crippen MR) is 138 cm³/mol. The Morgan fingerprint density at radius 2 is 1.97 bits per heavy atom.